The maximum atomic E-state index is 12.0. The summed E-state index contributed by atoms with van der Waals surface area (Å²) in [5.41, 5.74) is 15.1. The molecule has 8 aromatic carbocycles. The van der Waals surface area contributed by atoms with E-state index in [4.69, 9.17) is 0 Å². The number of rotatable bonds is 16. The van der Waals surface area contributed by atoms with Crippen LogP contribution in [0.25, 0.3) is 132 Å². The van der Waals surface area contributed by atoms with Crippen LogP contribution in [0.15, 0.2) is 192 Å². The average molecular weight is 1760 g/mol. The number of benzene rings is 8. The molecule has 0 atom stereocenters. The summed E-state index contributed by atoms with van der Waals surface area (Å²) in [5.74, 6) is -1.86. The van der Waals surface area contributed by atoms with Gasteiger partial charge in [0.25, 0.3) is 0 Å². The van der Waals surface area contributed by atoms with Gasteiger partial charge in [-0.15, -0.1) is 0 Å². The number of aliphatic hydroxyl groups excluding tert-OH is 8. The Morgan fingerprint density at radius 1 is 0.181 bits per heavy atom. The molecule has 12 rings (SSSR count). The van der Waals surface area contributed by atoms with Gasteiger partial charge in [-0.3, -0.25) is 38.4 Å². The quantitative estimate of drug-likeness (QED) is 0.0253. The van der Waals surface area contributed by atoms with Gasteiger partial charge in [-0.1, -0.05) is 48.5 Å². The van der Waals surface area contributed by atoms with Gasteiger partial charge in [0.05, 0.1) is 44.6 Å². The van der Waals surface area contributed by atoms with Crippen LogP contribution in [0.1, 0.15) is 155 Å². The number of aromatic nitrogens is 4. The van der Waals surface area contributed by atoms with Crippen molar-refractivity contribution < 1.29 is 147 Å². The van der Waals surface area contributed by atoms with Gasteiger partial charge in [-0.25, -0.2) is 0 Å². The third-order valence-corrected chi connectivity index (χ3v) is 20.0. The molecule has 0 saturated carbocycles. The van der Waals surface area contributed by atoms with Crippen LogP contribution >= 0.6 is 0 Å². The van der Waals surface area contributed by atoms with E-state index in [0.717, 1.165) is 87.2 Å². The molecule has 24 heteroatoms. The van der Waals surface area contributed by atoms with E-state index in [2.05, 4.69) is 0 Å². The normalized spacial score (nSPS) is 13.0. The zero-order valence-corrected chi connectivity index (χ0v) is 71.5. The summed E-state index contributed by atoms with van der Waals surface area (Å²) in [6.45, 7) is 23.4. The second-order valence-electron chi connectivity index (χ2n) is 28.2. The second-order valence-corrected chi connectivity index (χ2v) is 28.2. The van der Waals surface area contributed by atoms with Gasteiger partial charge in [-0.05, 0) is 252 Å². The Morgan fingerprint density at radius 3 is 0.336 bits per heavy atom. The largest absolute Gasteiger partial charge is 2.00 e. The molecule has 0 bridgehead atoms. The van der Waals surface area contributed by atoms with Crippen molar-refractivity contribution in [3.8, 4) is 0 Å². The summed E-state index contributed by atoms with van der Waals surface area (Å²) >= 11 is 0. The Hall–Kier alpha value is -11.3. The predicted molar refractivity (Wildman–Crippen MR) is 449 cm³/mol. The maximum Gasteiger partial charge on any atom is 2.00 e. The molecule has 12 aromatic rings. The van der Waals surface area contributed by atoms with Crippen molar-refractivity contribution in [3.05, 3.63) is 236 Å². The summed E-state index contributed by atoms with van der Waals surface area (Å²) < 4.78 is 8.13. The van der Waals surface area contributed by atoms with Gasteiger partial charge in [0.15, 0.2) is 46.3 Å². The smallest absolute Gasteiger partial charge is 0.512 e. The van der Waals surface area contributed by atoms with Gasteiger partial charge >= 0.3 is 68.3 Å². The summed E-state index contributed by atoms with van der Waals surface area (Å²) in [7, 11) is 7.79. The topological polar surface area (TPSA) is 318 Å². The molecule has 0 aliphatic heterocycles. The number of carbonyl (C=O) groups is 8. The molecule has 0 saturated heterocycles. The average Bonchev–Trinajstić information content (AvgIpc) is 1.62. The maximum absolute atomic E-state index is 12.0. The van der Waals surface area contributed by atoms with Crippen LogP contribution < -0.4 is 0 Å². The van der Waals surface area contributed by atoms with E-state index >= 15 is 0 Å². The molecule has 8 N–H and O–H groups in total. The number of hydrogen-bond donors (Lipinski definition) is 8. The second kappa shape index (κ2) is 38.4. The van der Waals surface area contributed by atoms with Crippen molar-refractivity contribution in [1.82, 2.24) is 18.3 Å². The summed E-state index contributed by atoms with van der Waals surface area (Å²) in [4.78, 5) is 95.9. The Balaban J connectivity index is 0.000000273. The molecule has 612 valence electrons. The monoisotopic (exact) mass is 1760 g/mol. The number of aliphatic hydroxyl groups is 8. The number of ketones is 8. The van der Waals surface area contributed by atoms with Crippen LogP contribution in [0.2, 0.25) is 0 Å². The molecule has 4 heterocycles. The summed E-state index contributed by atoms with van der Waals surface area (Å²) in [6.07, 6.45) is 0. The molecule has 0 amide bonds. The van der Waals surface area contributed by atoms with Crippen molar-refractivity contribution in [3.63, 3.8) is 0 Å². The van der Waals surface area contributed by atoms with Crippen LogP contribution in [0.3, 0.4) is 0 Å². The molecule has 0 aliphatic rings. The third kappa shape index (κ3) is 19.0. The van der Waals surface area contributed by atoms with E-state index in [1.807, 2.05) is 192 Å². The van der Waals surface area contributed by atoms with Crippen molar-refractivity contribution >= 4 is 178 Å². The Labute approximate surface area is 713 Å². The van der Waals surface area contributed by atoms with Gasteiger partial charge in [0.1, 0.15) is 46.1 Å². The first kappa shape index (κ1) is 95.3. The van der Waals surface area contributed by atoms with Crippen LogP contribution in [0.5, 0.6) is 0 Å². The van der Waals surface area contributed by atoms with Crippen molar-refractivity contribution in [2.75, 3.05) is 0 Å². The van der Waals surface area contributed by atoms with Gasteiger partial charge in [-0.2, -0.15) is 0 Å². The van der Waals surface area contributed by atoms with Crippen LogP contribution in [-0.4, -0.2) is 105 Å². The Kier molecular flexibility index (Phi) is 31.6. The fourth-order valence-corrected chi connectivity index (χ4v) is 15.5. The van der Waals surface area contributed by atoms with Gasteiger partial charge in [0, 0.05) is 115 Å². The Morgan fingerprint density at radius 2 is 0.267 bits per heavy atom. The van der Waals surface area contributed by atoms with E-state index in [0.29, 0.717) is 44.5 Å². The van der Waals surface area contributed by atoms with Crippen molar-refractivity contribution in [2.24, 2.45) is 28.2 Å². The third-order valence-electron chi connectivity index (χ3n) is 20.0. The van der Waals surface area contributed by atoms with E-state index in [1.54, 1.807) is 0 Å². The van der Waals surface area contributed by atoms with E-state index in [1.165, 1.54) is 111 Å². The predicted octanol–water partition coefficient (Wildman–Crippen LogP) is 20.3. The number of hydrogen-bond acceptors (Lipinski definition) is 16. The molecule has 0 fully saturated rings. The molecule has 0 spiro atoms. The van der Waals surface area contributed by atoms with E-state index < -0.39 is 0 Å². The minimum Gasteiger partial charge on any atom is -0.512 e. The van der Waals surface area contributed by atoms with Crippen molar-refractivity contribution in [2.45, 2.75) is 111 Å². The fraction of sp³-hybridized carbons (Fsp3) is 0.217. The first-order chi connectivity index (χ1) is 52.5. The van der Waals surface area contributed by atoms with E-state index in [9.17, 15) is 79.2 Å². The number of carbonyl (C=O) groups excluding carboxylic acids is 8. The van der Waals surface area contributed by atoms with E-state index in [-0.39, 0.29) is 205 Å². The van der Waals surface area contributed by atoms with Crippen molar-refractivity contribution in [1.29, 1.82) is 0 Å². The molecule has 0 unspecified atom stereocenters. The zero-order chi connectivity index (χ0) is 83.0. The van der Waals surface area contributed by atoms with Gasteiger partial charge in [0.2, 0.25) is 0 Å². The first-order valence-corrected chi connectivity index (χ1v) is 35.9. The summed E-state index contributed by atoms with van der Waals surface area (Å²) in [6, 6.07) is 44.8. The van der Waals surface area contributed by atoms with Crippen LogP contribution in [0.4, 0.5) is 0 Å². The number of allylic oxidation sites excluding steroid dienone is 16. The van der Waals surface area contributed by atoms with Crippen LogP contribution in [0, 0.1) is 0 Å². The van der Waals surface area contributed by atoms with Gasteiger partial charge < -0.3 is 59.1 Å². The summed E-state index contributed by atoms with van der Waals surface area (Å²) in [5, 5.41) is 86.8. The molecule has 0 aliphatic carbocycles. The number of nitrogens with zero attached hydrogens (tertiary/aromatic N) is 4. The standard InChI is InChI=1S/4C23H23NO4.4Cu/c4*1-12(25)22(13(2)26)16-6-8-20-18(10-16)19-11-17(7-9-21(19)24(20)5)23(14(3)27)15(4)28;;;;/h4*6-11,25,27H,1-5H3;;;;/q;;;;4*+2/b4*22-12+,23-14+;;;;. The van der Waals surface area contributed by atoms with Crippen LogP contribution in [-0.2, 0) is 135 Å². The molecule has 116 heavy (non-hydrogen) atoms. The minimum atomic E-state index is -0.210. The number of Topliss-reactive ketones (excluding diaryl/α,β-unsaturated/α-hetero) is 8. The number of fused-ring (bicyclic) bond motifs is 12. The first-order valence-electron chi connectivity index (χ1n) is 35.9. The minimum absolute atomic E-state index is 0. The zero-order valence-electron chi connectivity index (χ0n) is 67.7. The molecule has 20 nitrogen and oxygen atoms in total. The molecule has 4 aromatic heterocycles. The molecular weight excluding hydrogens is 1670 g/mol. The molecule has 4 radical (unpaired) electrons. The molecular formula is C92H92Cu4N4O16+8. The Bertz CT molecular complexity index is 5220. The fourth-order valence-electron chi connectivity index (χ4n) is 15.5. The SMILES string of the molecule is CC(=O)/C(=C(/C)O)c1ccc2c(c1)c1cc(/C(C(C)=O)=C(\C)O)ccc1n2C.CC(=O)/C(=C(/C)O)c1ccc2c(c1)c1cc(/C(C(C)=O)=C(\C)O)ccc1n2C.CC(=O)/C(=C(/C)O)c1ccc2c(c1)c1cc(/C(C(C)=O)=C(\C)O)ccc1n2C.CC(=O)/C(=C(/C)O)c1ccc2c(c1)c1cc(/C(C(C)=O)=C(\C)O)ccc1n2C.[Cu+2].[Cu+2].[Cu+2].[Cu+2]. The number of aryl methyl sites for hydroxylation is 4.